The van der Waals surface area contributed by atoms with Crippen LogP contribution in [-0.2, 0) is 0 Å². The third-order valence-corrected chi connectivity index (χ3v) is 4.32. The molecule has 1 amide bonds. The van der Waals surface area contributed by atoms with Crippen LogP contribution in [0.15, 0.2) is 65.8 Å². The van der Waals surface area contributed by atoms with E-state index in [4.69, 9.17) is 0 Å². The van der Waals surface area contributed by atoms with Crippen molar-refractivity contribution in [2.45, 2.75) is 11.6 Å². The molecule has 3 rings (SSSR count). The zero-order chi connectivity index (χ0) is 16.6. The molecule has 2 aromatic carbocycles. The summed E-state index contributed by atoms with van der Waals surface area (Å²) in [4.78, 5) is 11.9. The van der Waals surface area contributed by atoms with Gasteiger partial charge in [-0.05, 0) is 41.1 Å². The van der Waals surface area contributed by atoms with Crippen molar-refractivity contribution < 1.29 is 4.79 Å². The number of hydrogen-bond acceptors (Lipinski definition) is 5. The molecule has 0 spiro atoms. The van der Waals surface area contributed by atoms with Gasteiger partial charge in [0.25, 0.3) is 5.91 Å². The van der Waals surface area contributed by atoms with E-state index >= 15 is 0 Å². The lowest BCUT2D eigenvalue weighted by atomic mass is 10.2. The number of aromatic nitrogens is 4. The summed E-state index contributed by atoms with van der Waals surface area (Å²) < 4.78 is 1.72. The summed E-state index contributed by atoms with van der Waals surface area (Å²) in [5, 5.41) is 15.5. The van der Waals surface area contributed by atoms with E-state index in [-0.39, 0.29) is 5.91 Å². The lowest BCUT2D eigenvalue weighted by Crippen LogP contribution is -2.24. The molecule has 6 nitrogen and oxygen atoms in total. The molecule has 0 radical (unpaired) electrons. The molecular formula is C17H17N5OS. The number of thioether (sulfide) groups is 1. The molecule has 1 aromatic heterocycles. The molecule has 0 aliphatic heterocycles. The normalized spacial score (nSPS) is 10.5. The highest BCUT2D eigenvalue weighted by atomic mass is 32.2. The van der Waals surface area contributed by atoms with Crippen molar-refractivity contribution in [1.29, 1.82) is 0 Å². The van der Waals surface area contributed by atoms with Crippen LogP contribution in [0.25, 0.3) is 5.69 Å². The van der Waals surface area contributed by atoms with Crippen molar-refractivity contribution in [2.75, 3.05) is 12.3 Å². The quantitative estimate of drug-likeness (QED) is 0.529. The molecule has 1 heterocycles. The number of carbonyl (C=O) groups is 1. The second-order valence-corrected chi connectivity index (χ2v) is 6.09. The highest BCUT2D eigenvalue weighted by Crippen LogP contribution is 2.18. The predicted octanol–water partition coefficient (Wildman–Crippen LogP) is 2.57. The van der Waals surface area contributed by atoms with Crippen LogP contribution in [0.2, 0.25) is 0 Å². The first-order valence-electron chi connectivity index (χ1n) is 7.64. The van der Waals surface area contributed by atoms with E-state index in [1.54, 1.807) is 28.6 Å². The molecule has 7 heteroatoms. The fraction of sp³-hybridized carbons (Fsp3) is 0.176. The number of para-hydroxylation sites is 1. The average molecular weight is 339 g/mol. The lowest BCUT2D eigenvalue weighted by molar-refractivity contribution is 0.0954. The zero-order valence-corrected chi connectivity index (χ0v) is 13.8. The minimum Gasteiger partial charge on any atom is -0.352 e. The highest BCUT2D eigenvalue weighted by Gasteiger charge is 2.08. The highest BCUT2D eigenvalue weighted by molar-refractivity contribution is 7.99. The molecule has 0 aliphatic rings. The van der Waals surface area contributed by atoms with Gasteiger partial charge in [-0.25, -0.2) is 0 Å². The van der Waals surface area contributed by atoms with Gasteiger partial charge in [-0.3, -0.25) is 4.79 Å². The summed E-state index contributed by atoms with van der Waals surface area (Å²) in [5.74, 6) is 0.775. The van der Waals surface area contributed by atoms with Crippen LogP contribution >= 0.6 is 11.8 Å². The minimum absolute atomic E-state index is 0.0466. The monoisotopic (exact) mass is 339 g/mol. The Morgan fingerprint density at radius 2 is 1.75 bits per heavy atom. The van der Waals surface area contributed by atoms with Crippen molar-refractivity contribution in [3.63, 3.8) is 0 Å². The van der Waals surface area contributed by atoms with Gasteiger partial charge >= 0.3 is 0 Å². The van der Waals surface area contributed by atoms with Crippen molar-refractivity contribution in [3.05, 3.63) is 66.2 Å². The zero-order valence-electron chi connectivity index (χ0n) is 13.0. The third-order valence-electron chi connectivity index (χ3n) is 3.32. The van der Waals surface area contributed by atoms with Crippen LogP contribution in [0, 0.1) is 0 Å². The first-order chi connectivity index (χ1) is 11.8. The number of rotatable bonds is 7. The van der Waals surface area contributed by atoms with Crippen molar-refractivity contribution in [3.8, 4) is 5.69 Å². The van der Waals surface area contributed by atoms with Gasteiger partial charge in [-0.1, -0.05) is 48.2 Å². The van der Waals surface area contributed by atoms with E-state index in [0.29, 0.717) is 12.1 Å². The molecular weight excluding hydrogens is 322 g/mol. The van der Waals surface area contributed by atoms with Gasteiger partial charge in [0.15, 0.2) is 0 Å². The van der Waals surface area contributed by atoms with Gasteiger partial charge in [0.1, 0.15) is 0 Å². The molecule has 0 aliphatic carbocycles. The Kier molecular flexibility index (Phi) is 5.57. The van der Waals surface area contributed by atoms with Crippen LogP contribution < -0.4 is 5.32 Å². The van der Waals surface area contributed by atoms with Crippen molar-refractivity contribution in [1.82, 2.24) is 25.5 Å². The second kappa shape index (κ2) is 8.26. The Hall–Kier alpha value is -2.67. The van der Waals surface area contributed by atoms with E-state index < -0.39 is 0 Å². The Labute approximate surface area is 144 Å². The number of carbonyl (C=O) groups excluding carboxylic acids is 1. The first-order valence-corrected chi connectivity index (χ1v) is 8.63. The van der Waals surface area contributed by atoms with E-state index in [0.717, 1.165) is 23.0 Å². The molecule has 122 valence electrons. The molecule has 0 atom stereocenters. The fourth-order valence-corrected chi connectivity index (χ4v) is 2.96. The maximum atomic E-state index is 11.9. The number of amides is 1. The molecule has 0 unspecified atom stereocenters. The number of nitrogens with zero attached hydrogens (tertiary/aromatic N) is 4. The van der Waals surface area contributed by atoms with Gasteiger partial charge in [-0.2, -0.15) is 4.68 Å². The average Bonchev–Trinajstić information content (AvgIpc) is 3.11. The van der Waals surface area contributed by atoms with E-state index in [1.165, 1.54) is 0 Å². The van der Waals surface area contributed by atoms with Gasteiger partial charge in [0, 0.05) is 17.9 Å². The van der Waals surface area contributed by atoms with Crippen molar-refractivity contribution in [2.24, 2.45) is 0 Å². The second-order valence-electron chi connectivity index (χ2n) is 5.03. The number of nitrogens with one attached hydrogen (secondary N) is 1. The van der Waals surface area contributed by atoms with E-state index in [9.17, 15) is 4.79 Å². The van der Waals surface area contributed by atoms with Crippen molar-refractivity contribution >= 4 is 17.7 Å². The Morgan fingerprint density at radius 3 is 2.50 bits per heavy atom. The number of tetrazole rings is 1. The lowest BCUT2D eigenvalue weighted by Gasteiger charge is -2.05. The maximum absolute atomic E-state index is 11.9. The summed E-state index contributed by atoms with van der Waals surface area (Å²) in [5.41, 5.74) is 1.61. The predicted molar refractivity (Wildman–Crippen MR) is 93.3 cm³/mol. The standard InChI is InChI=1S/C17H17N5OS/c23-16(14-8-3-1-4-9-14)18-12-7-13-24-17-19-20-21-22(17)15-10-5-2-6-11-15/h1-6,8-11H,7,12-13H2,(H,18,23). The molecule has 0 fully saturated rings. The van der Waals surface area contributed by atoms with Gasteiger partial charge < -0.3 is 5.32 Å². The minimum atomic E-state index is -0.0466. The Bertz CT molecular complexity index is 776. The molecule has 24 heavy (non-hydrogen) atoms. The van der Waals surface area contributed by atoms with Crippen LogP contribution in [0.1, 0.15) is 16.8 Å². The fourth-order valence-electron chi connectivity index (χ4n) is 2.13. The van der Waals surface area contributed by atoms with Gasteiger partial charge in [0.05, 0.1) is 5.69 Å². The summed E-state index contributed by atoms with van der Waals surface area (Å²) in [6, 6.07) is 19.0. The van der Waals surface area contributed by atoms with Crippen LogP contribution in [0.5, 0.6) is 0 Å². The maximum Gasteiger partial charge on any atom is 0.251 e. The summed E-state index contributed by atoms with van der Waals surface area (Å²) in [7, 11) is 0. The topological polar surface area (TPSA) is 72.7 Å². The molecule has 0 saturated carbocycles. The number of benzene rings is 2. The largest absolute Gasteiger partial charge is 0.352 e. The first kappa shape index (κ1) is 16.2. The van der Waals surface area contributed by atoms with E-state index in [1.807, 2.05) is 48.5 Å². The SMILES string of the molecule is O=C(NCCCSc1nnnn1-c1ccccc1)c1ccccc1. The molecule has 1 N–H and O–H groups in total. The smallest absolute Gasteiger partial charge is 0.251 e. The van der Waals surface area contributed by atoms with E-state index in [2.05, 4.69) is 20.8 Å². The van der Waals surface area contributed by atoms with Crippen LogP contribution in [0.3, 0.4) is 0 Å². The molecule has 0 saturated heterocycles. The Morgan fingerprint density at radius 1 is 1.04 bits per heavy atom. The number of hydrogen-bond donors (Lipinski definition) is 1. The van der Waals surface area contributed by atoms with Crippen LogP contribution in [-0.4, -0.2) is 38.4 Å². The molecule has 3 aromatic rings. The van der Waals surface area contributed by atoms with Crippen LogP contribution in [0.4, 0.5) is 0 Å². The summed E-state index contributed by atoms with van der Waals surface area (Å²) in [6.07, 6.45) is 0.838. The summed E-state index contributed by atoms with van der Waals surface area (Å²) in [6.45, 7) is 0.619. The van der Waals surface area contributed by atoms with Gasteiger partial charge in [-0.15, -0.1) is 5.10 Å². The Balaban J connectivity index is 1.45. The third kappa shape index (κ3) is 4.20. The van der Waals surface area contributed by atoms with Gasteiger partial charge in [0.2, 0.25) is 5.16 Å². The molecule has 0 bridgehead atoms. The summed E-state index contributed by atoms with van der Waals surface area (Å²) >= 11 is 1.57.